The highest BCUT2D eigenvalue weighted by atomic mass is 32.1. The Morgan fingerprint density at radius 2 is 2.07 bits per heavy atom. The molecule has 3 nitrogen and oxygen atoms in total. The predicted octanol–water partition coefficient (Wildman–Crippen LogP) is 2.84. The largest absolute Gasteiger partial charge is 0.330 e. The number of nitrogens with zero attached hydrogens (tertiary/aromatic N) is 2. The normalized spacial score (nSPS) is 10.1. The molecule has 0 aliphatic heterocycles. The van der Waals surface area contributed by atoms with Crippen LogP contribution in [0, 0.1) is 0 Å². The standard InChI is InChI=1S/C10H11N3S/c1-2-9-12-10(14-13-9)11-8-6-4-3-5-7-8/h3-7H,2H2,1H3,(H,11,12,13). The molecule has 2 rings (SSSR count). The number of benzene rings is 1. The van der Waals surface area contributed by atoms with Crippen LogP contribution in [0.1, 0.15) is 12.7 Å². The van der Waals surface area contributed by atoms with Crippen molar-refractivity contribution in [2.24, 2.45) is 0 Å². The number of nitrogens with one attached hydrogen (secondary N) is 1. The summed E-state index contributed by atoms with van der Waals surface area (Å²) >= 11 is 1.40. The lowest BCUT2D eigenvalue weighted by Crippen LogP contribution is -1.89. The summed E-state index contributed by atoms with van der Waals surface area (Å²) in [6, 6.07) is 9.98. The van der Waals surface area contributed by atoms with E-state index in [1.165, 1.54) is 11.5 Å². The Balaban J connectivity index is 2.11. The van der Waals surface area contributed by atoms with Gasteiger partial charge in [-0.2, -0.15) is 4.37 Å². The van der Waals surface area contributed by atoms with Crippen molar-refractivity contribution in [3.8, 4) is 0 Å². The van der Waals surface area contributed by atoms with Crippen molar-refractivity contribution in [3.63, 3.8) is 0 Å². The Bertz CT molecular complexity index is 397. The molecule has 72 valence electrons. The maximum Gasteiger partial charge on any atom is 0.207 e. The quantitative estimate of drug-likeness (QED) is 0.837. The van der Waals surface area contributed by atoms with E-state index in [1.54, 1.807) is 0 Å². The van der Waals surface area contributed by atoms with E-state index < -0.39 is 0 Å². The number of aromatic nitrogens is 2. The zero-order chi connectivity index (χ0) is 9.80. The minimum Gasteiger partial charge on any atom is -0.330 e. The number of anilines is 2. The van der Waals surface area contributed by atoms with Gasteiger partial charge in [0.1, 0.15) is 5.82 Å². The second-order valence-corrected chi connectivity index (χ2v) is 3.61. The van der Waals surface area contributed by atoms with Crippen molar-refractivity contribution in [3.05, 3.63) is 36.2 Å². The topological polar surface area (TPSA) is 37.8 Å². The molecule has 0 spiro atoms. The molecule has 0 saturated carbocycles. The Labute approximate surface area is 87.0 Å². The van der Waals surface area contributed by atoms with Gasteiger partial charge in [0.25, 0.3) is 0 Å². The Morgan fingerprint density at radius 1 is 1.29 bits per heavy atom. The fourth-order valence-electron chi connectivity index (χ4n) is 1.09. The Kier molecular flexibility index (Phi) is 2.74. The minimum atomic E-state index is 0.855. The van der Waals surface area contributed by atoms with Crippen molar-refractivity contribution in [2.75, 3.05) is 5.32 Å². The summed E-state index contributed by atoms with van der Waals surface area (Å²) in [7, 11) is 0. The molecule has 0 unspecified atom stereocenters. The van der Waals surface area contributed by atoms with E-state index in [1.807, 2.05) is 37.3 Å². The SMILES string of the molecule is CCc1nsc(Nc2ccccc2)n1. The van der Waals surface area contributed by atoms with Crippen LogP contribution in [-0.4, -0.2) is 9.36 Å². The molecule has 2 aromatic rings. The summed E-state index contributed by atoms with van der Waals surface area (Å²) in [4.78, 5) is 4.32. The summed E-state index contributed by atoms with van der Waals surface area (Å²) in [6.45, 7) is 2.05. The molecule has 0 aliphatic rings. The highest BCUT2D eigenvalue weighted by Gasteiger charge is 2.01. The summed E-state index contributed by atoms with van der Waals surface area (Å²) in [6.07, 6.45) is 0.882. The second kappa shape index (κ2) is 4.19. The summed E-state index contributed by atoms with van der Waals surface area (Å²) in [5.74, 6) is 0.897. The average molecular weight is 205 g/mol. The maximum atomic E-state index is 4.32. The molecule has 1 aromatic heterocycles. The van der Waals surface area contributed by atoms with Crippen LogP contribution in [0.2, 0.25) is 0 Å². The monoisotopic (exact) mass is 205 g/mol. The molecule has 0 radical (unpaired) electrons. The van der Waals surface area contributed by atoms with Gasteiger partial charge in [0.15, 0.2) is 0 Å². The summed E-state index contributed by atoms with van der Waals surface area (Å²) in [5, 5.41) is 4.06. The summed E-state index contributed by atoms with van der Waals surface area (Å²) in [5.41, 5.74) is 1.05. The molecule has 0 amide bonds. The third-order valence-corrected chi connectivity index (χ3v) is 2.48. The van der Waals surface area contributed by atoms with Crippen molar-refractivity contribution >= 4 is 22.4 Å². The van der Waals surface area contributed by atoms with Crippen LogP contribution in [0.25, 0.3) is 0 Å². The van der Waals surface area contributed by atoms with E-state index >= 15 is 0 Å². The first-order valence-electron chi connectivity index (χ1n) is 4.53. The number of rotatable bonds is 3. The van der Waals surface area contributed by atoms with Crippen LogP contribution in [-0.2, 0) is 6.42 Å². The Morgan fingerprint density at radius 3 is 2.71 bits per heavy atom. The second-order valence-electron chi connectivity index (χ2n) is 2.86. The molecule has 0 bridgehead atoms. The van der Waals surface area contributed by atoms with Crippen LogP contribution in [0.5, 0.6) is 0 Å². The maximum absolute atomic E-state index is 4.32. The van der Waals surface area contributed by atoms with Gasteiger partial charge in [-0.25, -0.2) is 4.98 Å². The van der Waals surface area contributed by atoms with Crippen LogP contribution < -0.4 is 5.32 Å². The van der Waals surface area contributed by atoms with Gasteiger partial charge in [0, 0.05) is 23.6 Å². The lowest BCUT2D eigenvalue weighted by atomic mass is 10.3. The molecule has 1 heterocycles. The fourth-order valence-corrected chi connectivity index (χ4v) is 1.76. The van der Waals surface area contributed by atoms with E-state index in [-0.39, 0.29) is 0 Å². The highest BCUT2D eigenvalue weighted by Crippen LogP contribution is 2.17. The number of aryl methyl sites for hydroxylation is 1. The molecular formula is C10H11N3S. The van der Waals surface area contributed by atoms with Gasteiger partial charge >= 0.3 is 0 Å². The Hall–Kier alpha value is -1.42. The first kappa shape index (κ1) is 9.15. The number of hydrogen-bond acceptors (Lipinski definition) is 4. The molecule has 1 aromatic carbocycles. The molecule has 0 atom stereocenters. The predicted molar refractivity (Wildman–Crippen MR) is 59.0 cm³/mol. The minimum absolute atomic E-state index is 0.855. The van der Waals surface area contributed by atoms with Gasteiger partial charge in [0.05, 0.1) is 0 Å². The highest BCUT2D eigenvalue weighted by molar-refractivity contribution is 7.09. The molecular weight excluding hydrogens is 194 g/mol. The molecule has 0 saturated heterocycles. The fraction of sp³-hybridized carbons (Fsp3) is 0.200. The van der Waals surface area contributed by atoms with Gasteiger partial charge in [-0.15, -0.1) is 0 Å². The molecule has 14 heavy (non-hydrogen) atoms. The van der Waals surface area contributed by atoms with Crippen molar-refractivity contribution < 1.29 is 0 Å². The van der Waals surface area contributed by atoms with Gasteiger partial charge in [-0.3, -0.25) is 0 Å². The number of para-hydroxylation sites is 1. The zero-order valence-electron chi connectivity index (χ0n) is 7.90. The van der Waals surface area contributed by atoms with Crippen LogP contribution in [0.4, 0.5) is 10.8 Å². The van der Waals surface area contributed by atoms with Crippen molar-refractivity contribution in [2.45, 2.75) is 13.3 Å². The van der Waals surface area contributed by atoms with Gasteiger partial charge in [-0.05, 0) is 12.1 Å². The van der Waals surface area contributed by atoms with Crippen LogP contribution in [0.3, 0.4) is 0 Å². The molecule has 0 aliphatic carbocycles. The smallest absolute Gasteiger partial charge is 0.207 e. The van der Waals surface area contributed by atoms with E-state index in [0.29, 0.717) is 0 Å². The van der Waals surface area contributed by atoms with Crippen molar-refractivity contribution in [1.82, 2.24) is 9.36 Å². The van der Waals surface area contributed by atoms with Crippen LogP contribution >= 0.6 is 11.5 Å². The van der Waals surface area contributed by atoms with Gasteiger partial charge in [-0.1, -0.05) is 25.1 Å². The van der Waals surface area contributed by atoms with Gasteiger partial charge < -0.3 is 5.32 Å². The average Bonchev–Trinajstić information content (AvgIpc) is 2.67. The molecule has 4 heteroatoms. The third-order valence-electron chi connectivity index (χ3n) is 1.81. The van der Waals surface area contributed by atoms with Crippen LogP contribution in [0.15, 0.2) is 30.3 Å². The summed E-state index contributed by atoms with van der Waals surface area (Å²) < 4.78 is 4.20. The van der Waals surface area contributed by atoms with Gasteiger partial charge in [0.2, 0.25) is 5.13 Å². The van der Waals surface area contributed by atoms with E-state index in [9.17, 15) is 0 Å². The lowest BCUT2D eigenvalue weighted by molar-refractivity contribution is 1.00. The molecule has 0 fully saturated rings. The van der Waals surface area contributed by atoms with E-state index in [2.05, 4.69) is 14.7 Å². The zero-order valence-corrected chi connectivity index (χ0v) is 8.71. The van der Waals surface area contributed by atoms with E-state index in [0.717, 1.165) is 23.1 Å². The lowest BCUT2D eigenvalue weighted by Gasteiger charge is -1.99. The van der Waals surface area contributed by atoms with E-state index in [4.69, 9.17) is 0 Å². The number of hydrogen-bond donors (Lipinski definition) is 1. The third kappa shape index (κ3) is 2.09. The van der Waals surface area contributed by atoms with Crippen molar-refractivity contribution in [1.29, 1.82) is 0 Å². The first-order chi connectivity index (χ1) is 6.88. The first-order valence-corrected chi connectivity index (χ1v) is 5.30. The molecule has 1 N–H and O–H groups in total.